The van der Waals surface area contributed by atoms with E-state index in [2.05, 4.69) is 20.6 Å². The van der Waals surface area contributed by atoms with Crippen LogP contribution >= 0.6 is 11.8 Å². The maximum absolute atomic E-state index is 12.9. The molecule has 4 rings (SSSR count). The fourth-order valence-electron chi connectivity index (χ4n) is 3.08. The second-order valence-electron chi connectivity index (χ2n) is 6.71. The van der Waals surface area contributed by atoms with Gasteiger partial charge in [-0.05, 0) is 38.1 Å². The first-order chi connectivity index (χ1) is 14.6. The zero-order chi connectivity index (χ0) is 20.9. The van der Waals surface area contributed by atoms with Gasteiger partial charge in [0.25, 0.3) is 5.91 Å². The summed E-state index contributed by atoms with van der Waals surface area (Å²) < 4.78 is 6.92. The van der Waals surface area contributed by atoms with Crippen molar-refractivity contribution in [2.45, 2.75) is 31.0 Å². The van der Waals surface area contributed by atoms with Crippen molar-refractivity contribution in [3.05, 3.63) is 89.2 Å². The first kappa shape index (κ1) is 19.9. The first-order valence-corrected chi connectivity index (χ1v) is 10.5. The molecule has 0 aliphatic carbocycles. The molecule has 1 N–H and O–H groups in total. The van der Waals surface area contributed by atoms with E-state index in [4.69, 9.17) is 4.52 Å². The number of carbonyl (C=O) groups excluding carboxylic acids is 1. The predicted molar refractivity (Wildman–Crippen MR) is 115 cm³/mol. The molecule has 0 aliphatic rings. The molecule has 0 bridgehead atoms. The van der Waals surface area contributed by atoms with E-state index in [-0.39, 0.29) is 5.91 Å². The molecule has 3 aromatic heterocycles. The summed E-state index contributed by atoms with van der Waals surface area (Å²) in [7, 11) is 0. The average Bonchev–Trinajstić information content (AvgIpc) is 3.41. The molecule has 0 atom stereocenters. The zero-order valence-corrected chi connectivity index (χ0v) is 17.5. The third kappa shape index (κ3) is 4.28. The molecule has 0 saturated carbocycles. The molecule has 0 saturated heterocycles. The van der Waals surface area contributed by atoms with Crippen LogP contribution in [0.15, 0.2) is 70.5 Å². The summed E-state index contributed by atoms with van der Waals surface area (Å²) in [5.41, 5.74) is 3.47. The van der Waals surface area contributed by atoms with E-state index >= 15 is 0 Å². The summed E-state index contributed by atoms with van der Waals surface area (Å²) in [4.78, 5) is 18.2. The van der Waals surface area contributed by atoms with E-state index in [0.29, 0.717) is 23.7 Å². The van der Waals surface area contributed by atoms with Crippen molar-refractivity contribution < 1.29 is 9.32 Å². The van der Waals surface area contributed by atoms with Gasteiger partial charge in [0, 0.05) is 46.9 Å². The number of carbonyl (C=O) groups is 1. The molecule has 0 radical (unpaired) electrons. The lowest BCUT2D eigenvalue weighted by Gasteiger charge is -2.12. The molecule has 4 aromatic rings. The molecular weight excluding hydrogens is 398 g/mol. The molecule has 0 aliphatic heterocycles. The second kappa shape index (κ2) is 8.96. The Hall–Kier alpha value is -3.39. The number of aryl methyl sites for hydroxylation is 2. The number of aromatic nitrogens is 4. The van der Waals surface area contributed by atoms with Gasteiger partial charge in [0.2, 0.25) is 0 Å². The first-order valence-electron chi connectivity index (χ1n) is 9.49. The van der Waals surface area contributed by atoms with Crippen LogP contribution in [0.1, 0.15) is 32.9 Å². The fourth-order valence-corrected chi connectivity index (χ4v) is 4.28. The van der Waals surface area contributed by atoms with Gasteiger partial charge >= 0.3 is 0 Å². The largest absolute Gasteiger partial charge is 0.361 e. The van der Waals surface area contributed by atoms with E-state index in [1.807, 2.05) is 62.5 Å². The van der Waals surface area contributed by atoms with Gasteiger partial charge in [-0.25, -0.2) is 9.67 Å². The Morgan fingerprint density at radius 3 is 2.77 bits per heavy atom. The van der Waals surface area contributed by atoms with Crippen molar-refractivity contribution in [3.63, 3.8) is 0 Å². The summed E-state index contributed by atoms with van der Waals surface area (Å²) in [6, 6.07) is 13.2. The third-order valence-electron chi connectivity index (χ3n) is 4.71. The van der Waals surface area contributed by atoms with E-state index in [1.165, 1.54) is 0 Å². The van der Waals surface area contributed by atoms with Gasteiger partial charge in [-0.2, -0.15) is 5.10 Å². The molecule has 0 fully saturated rings. The van der Waals surface area contributed by atoms with Crippen LogP contribution in [-0.4, -0.2) is 25.8 Å². The van der Waals surface area contributed by atoms with Crippen LogP contribution in [0.25, 0.3) is 5.82 Å². The van der Waals surface area contributed by atoms with E-state index in [0.717, 1.165) is 27.5 Å². The quantitative estimate of drug-likeness (QED) is 0.454. The maximum atomic E-state index is 12.9. The summed E-state index contributed by atoms with van der Waals surface area (Å²) in [5.74, 6) is 2.07. The molecule has 3 heterocycles. The standard InChI is InChI=1S/C22H21N5O2S/c1-15-19(16(2)29-26-15)14-30-20-9-4-3-8-18(20)22(28)24-13-17-7-5-10-23-21(17)27-12-6-11-25-27/h3-12H,13-14H2,1-2H3,(H,24,28). The summed E-state index contributed by atoms with van der Waals surface area (Å²) in [6.07, 6.45) is 5.24. The Morgan fingerprint density at radius 1 is 1.13 bits per heavy atom. The summed E-state index contributed by atoms with van der Waals surface area (Å²) in [6.45, 7) is 4.18. The monoisotopic (exact) mass is 419 g/mol. The molecular formula is C22H21N5O2S. The molecule has 1 amide bonds. The third-order valence-corrected chi connectivity index (χ3v) is 5.81. The fraction of sp³-hybridized carbons (Fsp3) is 0.182. The number of amides is 1. The summed E-state index contributed by atoms with van der Waals surface area (Å²) in [5, 5.41) is 11.2. The Morgan fingerprint density at radius 2 is 2.00 bits per heavy atom. The van der Waals surface area contributed by atoms with Crippen LogP contribution in [0.5, 0.6) is 0 Å². The lowest BCUT2D eigenvalue weighted by Crippen LogP contribution is -2.24. The van der Waals surface area contributed by atoms with Gasteiger partial charge in [-0.15, -0.1) is 11.8 Å². The Labute approximate surface area is 178 Å². The van der Waals surface area contributed by atoms with Crippen LogP contribution in [0, 0.1) is 13.8 Å². The molecule has 0 unspecified atom stereocenters. The predicted octanol–water partition coefficient (Wildman–Crippen LogP) is 4.09. The number of benzene rings is 1. The number of hydrogen-bond acceptors (Lipinski definition) is 6. The van der Waals surface area contributed by atoms with Crippen LogP contribution in [0.2, 0.25) is 0 Å². The van der Waals surface area contributed by atoms with E-state index < -0.39 is 0 Å². The number of thioether (sulfide) groups is 1. The van der Waals surface area contributed by atoms with Gasteiger partial charge in [-0.1, -0.05) is 23.4 Å². The highest BCUT2D eigenvalue weighted by atomic mass is 32.2. The number of rotatable bonds is 7. The van der Waals surface area contributed by atoms with Crippen molar-refractivity contribution >= 4 is 17.7 Å². The highest BCUT2D eigenvalue weighted by Gasteiger charge is 2.15. The van der Waals surface area contributed by atoms with Gasteiger partial charge in [0.15, 0.2) is 5.82 Å². The van der Waals surface area contributed by atoms with Crippen molar-refractivity contribution in [2.24, 2.45) is 0 Å². The minimum atomic E-state index is -0.132. The number of nitrogens with one attached hydrogen (secondary N) is 1. The van der Waals surface area contributed by atoms with Crippen LogP contribution in [-0.2, 0) is 12.3 Å². The summed E-state index contributed by atoms with van der Waals surface area (Å²) >= 11 is 1.60. The van der Waals surface area contributed by atoms with Crippen LogP contribution in [0.4, 0.5) is 0 Å². The zero-order valence-electron chi connectivity index (χ0n) is 16.7. The lowest BCUT2D eigenvalue weighted by atomic mass is 10.2. The maximum Gasteiger partial charge on any atom is 0.252 e. The SMILES string of the molecule is Cc1noc(C)c1CSc1ccccc1C(=O)NCc1cccnc1-n1cccn1. The number of nitrogens with zero attached hydrogens (tertiary/aromatic N) is 4. The van der Waals surface area contributed by atoms with Crippen LogP contribution < -0.4 is 5.32 Å². The molecule has 8 heteroatoms. The van der Waals surface area contributed by atoms with E-state index in [1.54, 1.807) is 28.8 Å². The number of pyridine rings is 1. The van der Waals surface area contributed by atoms with Gasteiger partial charge in [0.1, 0.15) is 5.76 Å². The molecule has 0 spiro atoms. The van der Waals surface area contributed by atoms with Gasteiger partial charge < -0.3 is 9.84 Å². The highest BCUT2D eigenvalue weighted by molar-refractivity contribution is 7.98. The lowest BCUT2D eigenvalue weighted by molar-refractivity contribution is 0.0948. The molecule has 152 valence electrons. The smallest absolute Gasteiger partial charge is 0.252 e. The highest BCUT2D eigenvalue weighted by Crippen LogP contribution is 2.28. The van der Waals surface area contributed by atoms with Crippen molar-refractivity contribution in [1.82, 2.24) is 25.2 Å². The molecule has 7 nitrogen and oxygen atoms in total. The minimum Gasteiger partial charge on any atom is -0.361 e. The molecule has 30 heavy (non-hydrogen) atoms. The van der Waals surface area contributed by atoms with Crippen molar-refractivity contribution in [3.8, 4) is 5.82 Å². The van der Waals surface area contributed by atoms with Gasteiger partial charge in [0.05, 0.1) is 11.3 Å². The average molecular weight is 420 g/mol. The Kier molecular flexibility index (Phi) is 5.94. The second-order valence-corrected chi connectivity index (χ2v) is 7.72. The topological polar surface area (TPSA) is 85.8 Å². The Bertz CT molecular complexity index is 1130. The molecule has 1 aromatic carbocycles. The van der Waals surface area contributed by atoms with E-state index in [9.17, 15) is 4.79 Å². The van der Waals surface area contributed by atoms with Gasteiger partial charge in [-0.3, -0.25) is 4.79 Å². The van der Waals surface area contributed by atoms with Crippen molar-refractivity contribution in [2.75, 3.05) is 0 Å². The minimum absolute atomic E-state index is 0.132. The van der Waals surface area contributed by atoms with Crippen LogP contribution in [0.3, 0.4) is 0 Å². The normalized spacial score (nSPS) is 10.9. The Balaban J connectivity index is 1.47. The number of hydrogen-bond donors (Lipinski definition) is 1. The van der Waals surface area contributed by atoms with Crippen molar-refractivity contribution in [1.29, 1.82) is 0 Å².